The Balaban J connectivity index is 2.05. The molecule has 0 amide bonds. The van der Waals surface area contributed by atoms with Crippen LogP contribution in [0.3, 0.4) is 0 Å². The van der Waals surface area contributed by atoms with Crippen molar-refractivity contribution < 1.29 is 14.3 Å². The van der Waals surface area contributed by atoms with Crippen LogP contribution in [0.25, 0.3) is 10.8 Å². The average molecular weight is 420 g/mol. The van der Waals surface area contributed by atoms with E-state index in [4.69, 9.17) is 15.2 Å². The molecule has 2 aromatic rings. The van der Waals surface area contributed by atoms with Crippen LogP contribution in [0.2, 0.25) is 0 Å². The van der Waals surface area contributed by atoms with Gasteiger partial charge in [-0.2, -0.15) is 5.26 Å². The number of nitrogens with zero attached hydrogens (tertiary/aromatic N) is 3. The van der Waals surface area contributed by atoms with Crippen LogP contribution in [0.5, 0.6) is 5.75 Å². The number of carbonyl (C=O) groups excluding carboxylic acids is 1. The van der Waals surface area contributed by atoms with Crippen LogP contribution < -0.4 is 10.5 Å². The molecule has 0 saturated carbocycles. The van der Waals surface area contributed by atoms with E-state index in [0.29, 0.717) is 27.1 Å². The van der Waals surface area contributed by atoms with E-state index in [0.717, 1.165) is 16.3 Å². The smallest absolute Gasteiger partial charge is 0.338 e. The molecule has 0 fully saturated rings. The predicted octanol–water partition coefficient (Wildman–Crippen LogP) is 3.80. The van der Waals surface area contributed by atoms with Gasteiger partial charge >= 0.3 is 5.97 Å². The lowest BCUT2D eigenvalue weighted by molar-refractivity contribution is -0.139. The lowest BCUT2D eigenvalue weighted by Gasteiger charge is -2.36. The Morgan fingerprint density at radius 2 is 2.10 bits per heavy atom. The maximum absolute atomic E-state index is 13.0. The Bertz CT molecular complexity index is 1190. The van der Waals surface area contributed by atoms with Crippen LogP contribution in [0.15, 0.2) is 63.4 Å². The molecule has 152 valence electrons. The lowest BCUT2D eigenvalue weighted by Crippen LogP contribution is -2.39. The highest BCUT2D eigenvalue weighted by Crippen LogP contribution is 2.49. The van der Waals surface area contributed by atoms with E-state index < -0.39 is 12.0 Å². The van der Waals surface area contributed by atoms with Crippen molar-refractivity contribution >= 4 is 33.7 Å². The van der Waals surface area contributed by atoms with Gasteiger partial charge in [-0.15, -0.1) is 0 Å². The minimum absolute atomic E-state index is 0.231. The molecule has 0 aliphatic carbocycles. The molecule has 30 heavy (non-hydrogen) atoms. The maximum Gasteiger partial charge on any atom is 0.338 e. The summed E-state index contributed by atoms with van der Waals surface area (Å²) in [5.41, 5.74) is 8.03. The summed E-state index contributed by atoms with van der Waals surface area (Å²) < 4.78 is 11.1. The molecule has 2 heterocycles. The molecule has 0 aromatic heterocycles. The summed E-state index contributed by atoms with van der Waals surface area (Å²) in [5, 5.41) is 12.0. The van der Waals surface area contributed by atoms with Gasteiger partial charge < -0.3 is 15.2 Å². The van der Waals surface area contributed by atoms with Crippen LogP contribution in [-0.2, 0) is 9.53 Å². The number of rotatable bonds is 4. The van der Waals surface area contributed by atoms with Gasteiger partial charge in [0.1, 0.15) is 28.6 Å². The van der Waals surface area contributed by atoms with Crippen molar-refractivity contribution in [3.8, 4) is 11.8 Å². The van der Waals surface area contributed by atoms with E-state index in [2.05, 4.69) is 11.1 Å². The zero-order chi connectivity index (χ0) is 21.4. The van der Waals surface area contributed by atoms with Crippen molar-refractivity contribution in [2.75, 3.05) is 13.7 Å². The average Bonchev–Trinajstić information content (AvgIpc) is 3.07. The summed E-state index contributed by atoms with van der Waals surface area (Å²) in [6, 6.07) is 13.2. The highest BCUT2D eigenvalue weighted by molar-refractivity contribution is 8.17. The standard InChI is InChI=1S/C22H20N4O3S/c1-4-29-21(27)17-12(2)25-22-26(20(24)16(11-23)30-22)19(17)18-14-8-6-5-7-13(14)9-10-15(18)28-3/h5-10,19H,4,24H2,1-3H3/t19-/m0/s1. The fraction of sp³-hybridized carbons (Fsp3) is 0.227. The summed E-state index contributed by atoms with van der Waals surface area (Å²) in [6.45, 7) is 3.75. The van der Waals surface area contributed by atoms with Crippen molar-refractivity contribution in [3.05, 3.63) is 64.0 Å². The maximum atomic E-state index is 13.0. The topological polar surface area (TPSA) is 101 Å². The zero-order valence-corrected chi connectivity index (χ0v) is 17.6. The first kappa shape index (κ1) is 19.9. The number of thioether (sulfide) groups is 1. The van der Waals surface area contributed by atoms with Gasteiger partial charge in [0.05, 0.1) is 25.0 Å². The molecule has 0 unspecified atom stereocenters. The van der Waals surface area contributed by atoms with Crippen LogP contribution in [0.1, 0.15) is 25.5 Å². The van der Waals surface area contributed by atoms with E-state index in [1.807, 2.05) is 36.4 Å². The minimum Gasteiger partial charge on any atom is -0.496 e. The summed E-state index contributed by atoms with van der Waals surface area (Å²) in [5.74, 6) is 0.397. The van der Waals surface area contributed by atoms with E-state index in [1.165, 1.54) is 11.8 Å². The van der Waals surface area contributed by atoms with Crippen LogP contribution >= 0.6 is 11.8 Å². The van der Waals surface area contributed by atoms with Gasteiger partial charge in [0.2, 0.25) is 0 Å². The van der Waals surface area contributed by atoms with Gasteiger partial charge in [-0.05, 0) is 42.4 Å². The summed E-state index contributed by atoms with van der Waals surface area (Å²) in [7, 11) is 1.59. The quantitative estimate of drug-likeness (QED) is 0.751. The summed E-state index contributed by atoms with van der Waals surface area (Å²) >= 11 is 1.19. The van der Waals surface area contributed by atoms with E-state index in [9.17, 15) is 10.1 Å². The summed E-state index contributed by atoms with van der Waals surface area (Å²) in [6.07, 6.45) is 0. The molecule has 4 rings (SSSR count). The number of esters is 1. The largest absolute Gasteiger partial charge is 0.496 e. The first-order chi connectivity index (χ1) is 14.5. The molecule has 2 aromatic carbocycles. The highest BCUT2D eigenvalue weighted by atomic mass is 32.2. The second-order valence-electron chi connectivity index (χ2n) is 6.72. The Hall–Kier alpha value is -3.44. The molecule has 7 nitrogen and oxygen atoms in total. The number of nitriles is 1. The highest BCUT2D eigenvalue weighted by Gasteiger charge is 2.44. The normalized spacial score (nSPS) is 18.3. The number of carbonyl (C=O) groups is 1. The third kappa shape index (κ3) is 2.99. The monoisotopic (exact) mass is 420 g/mol. The van der Waals surface area contributed by atoms with Gasteiger partial charge in [-0.3, -0.25) is 4.90 Å². The van der Waals surface area contributed by atoms with E-state index in [1.54, 1.807) is 25.9 Å². The molecule has 0 bridgehead atoms. The number of methoxy groups -OCH3 is 1. The van der Waals surface area contributed by atoms with Crippen molar-refractivity contribution in [1.29, 1.82) is 5.26 Å². The molecule has 1 atom stereocenters. The molecular weight excluding hydrogens is 400 g/mol. The Morgan fingerprint density at radius 1 is 1.33 bits per heavy atom. The number of hydrogen-bond acceptors (Lipinski definition) is 8. The number of ether oxygens (including phenoxy) is 2. The molecule has 2 aliphatic heterocycles. The van der Waals surface area contributed by atoms with Gasteiger partial charge in [0.15, 0.2) is 5.17 Å². The fourth-order valence-electron chi connectivity index (χ4n) is 3.82. The number of benzene rings is 2. The Kier molecular flexibility index (Phi) is 5.14. The van der Waals surface area contributed by atoms with Crippen LogP contribution in [0, 0.1) is 11.3 Å². The van der Waals surface area contributed by atoms with Gasteiger partial charge in [-0.25, -0.2) is 9.79 Å². The van der Waals surface area contributed by atoms with Gasteiger partial charge in [-0.1, -0.05) is 30.3 Å². The molecule has 2 aliphatic rings. The number of amidine groups is 1. The number of allylic oxidation sites excluding steroid dienone is 2. The summed E-state index contributed by atoms with van der Waals surface area (Å²) in [4.78, 5) is 19.7. The van der Waals surface area contributed by atoms with Crippen molar-refractivity contribution in [1.82, 2.24) is 4.90 Å². The first-order valence-electron chi connectivity index (χ1n) is 9.40. The Morgan fingerprint density at radius 3 is 2.80 bits per heavy atom. The zero-order valence-electron chi connectivity index (χ0n) is 16.8. The van der Waals surface area contributed by atoms with Gasteiger partial charge in [0.25, 0.3) is 0 Å². The Labute approximate surface area is 178 Å². The van der Waals surface area contributed by atoms with E-state index in [-0.39, 0.29) is 12.4 Å². The van der Waals surface area contributed by atoms with Crippen molar-refractivity contribution in [3.63, 3.8) is 0 Å². The fourth-order valence-corrected chi connectivity index (χ4v) is 4.74. The second-order valence-corrected chi connectivity index (χ2v) is 7.69. The van der Waals surface area contributed by atoms with Gasteiger partial charge in [0, 0.05) is 5.56 Å². The molecule has 0 spiro atoms. The van der Waals surface area contributed by atoms with Crippen molar-refractivity contribution in [2.45, 2.75) is 19.9 Å². The number of nitrogens with two attached hydrogens (primary N) is 1. The lowest BCUT2D eigenvalue weighted by atomic mass is 9.89. The van der Waals surface area contributed by atoms with E-state index >= 15 is 0 Å². The molecule has 0 saturated heterocycles. The minimum atomic E-state index is -0.643. The van der Waals surface area contributed by atoms with Crippen LogP contribution in [-0.4, -0.2) is 29.8 Å². The molecule has 2 N–H and O–H groups in total. The molecule has 0 radical (unpaired) electrons. The molecular formula is C22H20N4O3S. The third-order valence-corrected chi connectivity index (χ3v) is 6.07. The predicted molar refractivity (Wildman–Crippen MR) is 116 cm³/mol. The second kappa shape index (κ2) is 7.76. The number of aliphatic imine (C=N–C) groups is 1. The third-order valence-electron chi connectivity index (χ3n) is 5.10. The first-order valence-corrected chi connectivity index (χ1v) is 10.2. The van der Waals surface area contributed by atoms with Crippen molar-refractivity contribution in [2.24, 2.45) is 10.7 Å². The molecule has 8 heteroatoms. The SMILES string of the molecule is CCOC(=O)C1=C(C)N=C2SC(C#N)=C(N)N2[C@@H]1c1c(OC)ccc2ccccc12. The van der Waals surface area contributed by atoms with Crippen LogP contribution in [0.4, 0.5) is 0 Å². The number of hydrogen-bond donors (Lipinski definition) is 1. The number of fused-ring (bicyclic) bond motifs is 2.